The van der Waals surface area contributed by atoms with E-state index in [1.54, 1.807) is 38.0 Å². The molecule has 1 fully saturated rings. The summed E-state index contributed by atoms with van der Waals surface area (Å²) in [4.78, 5) is 54.9. The zero-order valence-electron chi connectivity index (χ0n) is 38.1. The molecule has 0 aromatic heterocycles. The third-order valence-corrected chi connectivity index (χ3v) is 9.41. The minimum atomic E-state index is -1.34. The lowest BCUT2D eigenvalue weighted by molar-refractivity contribution is -0.200. The Bertz CT molecular complexity index is 1330. The molecule has 1 rings (SSSR count). The number of rotatable bonds is 35. The average molecular weight is 841 g/mol. The van der Waals surface area contributed by atoms with Gasteiger partial charge in [0.25, 0.3) is 0 Å². The van der Waals surface area contributed by atoms with Crippen molar-refractivity contribution in [2.75, 3.05) is 47.9 Å². The number of nitrogens with zero attached hydrogens (tertiary/aromatic N) is 2. The molecule has 0 aromatic carbocycles. The van der Waals surface area contributed by atoms with Crippen molar-refractivity contribution in [3.8, 4) is 0 Å². The largest absolute Gasteiger partial charge is 0.462 e. The predicted molar refractivity (Wildman–Crippen MR) is 241 cm³/mol. The number of carbonyl (C=O) groups is 4. The lowest BCUT2D eigenvalue weighted by Crippen LogP contribution is -2.43. The van der Waals surface area contributed by atoms with E-state index in [4.69, 9.17) is 23.7 Å². The Hall–Kier alpha value is -3.80. The summed E-state index contributed by atoms with van der Waals surface area (Å²) >= 11 is 0. The SMILES string of the molecule is CC/C=C\C/C=C\C/C=C\CCCCCCCC(=O)OC1[C@@H](COC(=O)CN(C)C)O[C@@H](OC(=O)CN(C)C)[C@H]1OC(=O)CCCCCCC/C=C\C/C=C\C/C=C\CC. The summed E-state index contributed by atoms with van der Waals surface area (Å²) in [5.74, 6) is -2.09. The van der Waals surface area contributed by atoms with Crippen LogP contribution in [0.1, 0.15) is 142 Å². The van der Waals surface area contributed by atoms with E-state index < -0.39 is 48.5 Å². The molecule has 0 aliphatic carbocycles. The molecule has 0 N–H and O–H groups in total. The highest BCUT2D eigenvalue weighted by molar-refractivity contribution is 5.73. The number of likely N-dealkylation sites (N-methyl/N-ethyl adjacent to an activating group) is 2. The first-order valence-electron chi connectivity index (χ1n) is 22.7. The topological polar surface area (TPSA) is 121 Å². The highest BCUT2D eigenvalue weighted by atomic mass is 16.8. The van der Waals surface area contributed by atoms with Gasteiger partial charge in [-0.3, -0.25) is 29.0 Å². The van der Waals surface area contributed by atoms with Crippen molar-refractivity contribution in [2.24, 2.45) is 0 Å². The smallest absolute Gasteiger partial charge is 0.322 e. The molecule has 340 valence electrons. The van der Waals surface area contributed by atoms with Crippen LogP contribution in [0.3, 0.4) is 0 Å². The highest BCUT2D eigenvalue weighted by Crippen LogP contribution is 2.30. The molecule has 1 saturated heterocycles. The van der Waals surface area contributed by atoms with Gasteiger partial charge in [-0.25, -0.2) is 0 Å². The molecule has 1 heterocycles. The van der Waals surface area contributed by atoms with Gasteiger partial charge in [-0.15, -0.1) is 0 Å². The molecular weight excluding hydrogens is 761 g/mol. The minimum Gasteiger partial charge on any atom is -0.462 e. The number of allylic oxidation sites excluding steroid dienone is 12. The van der Waals surface area contributed by atoms with E-state index in [0.29, 0.717) is 12.8 Å². The van der Waals surface area contributed by atoms with Crippen LogP contribution >= 0.6 is 0 Å². The van der Waals surface area contributed by atoms with Gasteiger partial charge in [-0.2, -0.15) is 0 Å². The Balaban J connectivity index is 2.72. The van der Waals surface area contributed by atoms with E-state index in [9.17, 15) is 19.2 Å². The van der Waals surface area contributed by atoms with Crippen molar-refractivity contribution in [3.63, 3.8) is 0 Å². The summed E-state index contributed by atoms with van der Waals surface area (Å²) in [6, 6.07) is 0. The van der Waals surface area contributed by atoms with E-state index >= 15 is 0 Å². The third-order valence-electron chi connectivity index (χ3n) is 9.41. The van der Waals surface area contributed by atoms with Crippen LogP contribution in [0.2, 0.25) is 0 Å². The standard InChI is InChI=1S/C49H80N2O9/c1-7-9-11-13-15-17-19-21-23-25-27-29-31-33-35-37-43(52)58-47-42(41-56-45(54)39-50(3)4)57-49(60-46(55)40-51(5)6)48(47)59-44(53)38-36-34-32-30-28-26-24-22-20-18-16-14-12-10-8-2/h9-12,15-18,21-24,42,47-49H,7-8,13-14,19-20,25-41H2,1-6H3/b11-9-,12-10-,17-15-,18-16-,23-21-,24-22-/t42-,47?,48+,49+/m1/s1. The molecule has 0 aromatic rings. The van der Waals surface area contributed by atoms with E-state index in [2.05, 4.69) is 86.8 Å². The molecule has 1 unspecified atom stereocenters. The minimum absolute atomic E-state index is 0.0351. The van der Waals surface area contributed by atoms with Gasteiger partial charge in [-0.05, 0) is 105 Å². The molecule has 11 nitrogen and oxygen atoms in total. The molecule has 0 spiro atoms. The van der Waals surface area contributed by atoms with Gasteiger partial charge < -0.3 is 23.7 Å². The monoisotopic (exact) mass is 841 g/mol. The van der Waals surface area contributed by atoms with Crippen LogP contribution in [0.4, 0.5) is 0 Å². The van der Waals surface area contributed by atoms with Crippen molar-refractivity contribution in [1.29, 1.82) is 0 Å². The molecule has 4 atom stereocenters. The number of esters is 4. The van der Waals surface area contributed by atoms with Crippen LogP contribution in [0.5, 0.6) is 0 Å². The fraction of sp³-hybridized carbons (Fsp3) is 0.673. The Morgan fingerprint density at radius 2 is 0.867 bits per heavy atom. The van der Waals surface area contributed by atoms with Crippen LogP contribution in [0, 0.1) is 0 Å². The first-order valence-corrected chi connectivity index (χ1v) is 22.7. The van der Waals surface area contributed by atoms with Gasteiger partial charge in [0.15, 0.2) is 6.10 Å². The van der Waals surface area contributed by atoms with Gasteiger partial charge in [0.1, 0.15) is 12.7 Å². The highest BCUT2D eigenvalue weighted by Gasteiger charge is 2.52. The normalized spacial score (nSPS) is 18.5. The number of carbonyl (C=O) groups excluding carboxylic acids is 4. The molecule has 11 heteroatoms. The summed E-state index contributed by atoms with van der Waals surface area (Å²) < 4.78 is 28.9. The van der Waals surface area contributed by atoms with Crippen LogP contribution in [0.15, 0.2) is 72.9 Å². The Morgan fingerprint density at radius 3 is 1.33 bits per heavy atom. The van der Waals surface area contributed by atoms with Crippen molar-refractivity contribution < 1.29 is 42.9 Å². The summed E-state index contributed by atoms with van der Waals surface area (Å²) in [7, 11) is 6.93. The maximum atomic E-state index is 13.2. The second-order valence-electron chi connectivity index (χ2n) is 15.8. The third kappa shape index (κ3) is 30.3. The molecule has 1 aliphatic heterocycles. The van der Waals surface area contributed by atoms with E-state index in [-0.39, 0.29) is 32.5 Å². The molecule has 0 amide bonds. The number of hydrogen-bond donors (Lipinski definition) is 0. The van der Waals surface area contributed by atoms with E-state index in [1.807, 2.05) is 0 Å². The molecule has 60 heavy (non-hydrogen) atoms. The summed E-state index contributed by atoms with van der Waals surface area (Å²) in [6.07, 6.45) is 39.3. The summed E-state index contributed by atoms with van der Waals surface area (Å²) in [6.45, 7) is 3.99. The van der Waals surface area contributed by atoms with E-state index in [1.165, 1.54) is 0 Å². The molecule has 0 radical (unpaired) electrons. The van der Waals surface area contributed by atoms with Crippen molar-refractivity contribution >= 4 is 23.9 Å². The fourth-order valence-corrected chi connectivity index (χ4v) is 6.29. The Labute approximate surface area is 363 Å². The predicted octanol–water partition coefficient (Wildman–Crippen LogP) is 9.92. The molecule has 0 bridgehead atoms. The second kappa shape index (κ2) is 37.0. The zero-order valence-corrected chi connectivity index (χ0v) is 38.1. The Kier molecular flexibility index (Phi) is 33.4. The van der Waals surface area contributed by atoms with E-state index in [0.717, 1.165) is 103 Å². The molecule has 0 saturated carbocycles. The molecular formula is C49H80N2O9. The van der Waals surface area contributed by atoms with Crippen LogP contribution in [-0.2, 0) is 42.9 Å². The lowest BCUT2D eigenvalue weighted by Gasteiger charge is -2.24. The van der Waals surface area contributed by atoms with Gasteiger partial charge in [-0.1, -0.05) is 125 Å². The lowest BCUT2D eigenvalue weighted by atomic mass is 10.1. The first-order chi connectivity index (χ1) is 29.1. The van der Waals surface area contributed by atoms with Gasteiger partial charge in [0, 0.05) is 12.8 Å². The number of hydrogen-bond acceptors (Lipinski definition) is 11. The van der Waals surface area contributed by atoms with Gasteiger partial charge in [0.2, 0.25) is 12.4 Å². The second-order valence-corrected chi connectivity index (χ2v) is 15.8. The number of unbranched alkanes of at least 4 members (excludes halogenated alkanes) is 10. The Morgan fingerprint density at radius 1 is 0.467 bits per heavy atom. The maximum absolute atomic E-state index is 13.2. The fourth-order valence-electron chi connectivity index (χ4n) is 6.29. The van der Waals surface area contributed by atoms with Gasteiger partial charge >= 0.3 is 23.9 Å². The maximum Gasteiger partial charge on any atom is 0.322 e. The van der Waals surface area contributed by atoms with Crippen molar-refractivity contribution in [2.45, 2.75) is 167 Å². The van der Waals surface area contributed by atoms with Crippen molar-refractivity contribution in [1.82, 2.24) is 9.80 Å². The number of ether oxygens (including phenoxy) is 5. The van der Waals surface area contributed by atoms with Crippen molar-refractivity contribution in [3.05, 3.63) is 72.9 Å². The van der Waals surface area contributed by atoms with Crippen LogP contribution in [0.25, 0.3) is 0 Å². The average Bonchev–Trinajstić information content (AvgIpc) is 3.50. The summed E-state index contributed by atoms with van der Waals surface area (Å²) in [5.41, 5.74) is 0. The first kappa shape index (κ1) is 54.2. The quantitative estimate of drug-likeness (QED) is 0.0262. The molecule has 1 aliphatic rings. The van der Waals surface area contributed by atoms with Crippen LogP contribution in [-0.4, -0.2) is 106 Å². The summed E-state index contributed by atoms with van der Waals surface area (Å²) in [5, 5.41) is 0. The van der Waals surface area contributed by atoms with Crippen LogP contribution < -0.4 is 0 Å². The van der Waals surface area contributed by atoms with Gasteiger partial charge in [0.05, 0.1) is 13.1 Å². The zero-order chi connectivity index (χ0) is 44.1.